The predicted molar refractivity (Wildman–Crippen MR) is 119 cm³/mol. The zero-order valence-corrected chi connectivity index (χ0v) is 19.0. The highest BCUT2D eigenvalue weighted by molar-refractivity contribution is 7.92. The summed E-state index contributed by atoms with van der Waals surface area (Å²) in [4.78, 5) is 14.4. The van der Waals surface area contributed by atoms with E-state index in [1.807, 2.05) is 0 Å². The number of likely N-dealkylation sites (tertiary alicyclic amines) is 1. The van der Waals surface area contributed by atoms with Gasteiger partial charge in [0.25, 0.3) is 15.9 Å². The maximum absolute atomic E-state index is 12.6. The van der Waals surface area contributed by atoms with Crippen molar-refractivity contribution in [1.82, 2.24) is 10.2 Å². The van der Waals surface area contributed by atoms with E-state index in [4.69, 9.17) is 21.1 Å². The van der Waals surface area contributed by atoms with Crippen LogP contribution in [0.4, 0.5) is 5.69 Å². The summed E-state index contributed by atoms with van der Waals surface area (Å²) in [5, 5.41) is 3.27. The first-order valence-corrected chi connectivity index (χ1v) is 11.7. The van der Waals surface area contributed by atoms with Crippen molar-refractivity contribution >= 4 is 33.2 Å². The van der Waals surface area contributed by atoms with Crippen molar-refractivity contribution in [2.75, 3.05) is 38.6 Å². The molecule has 0 spiro atoms. The minimum Gasteiger partial charge on any atom is -0.495 e. The van der Waals surface area contributed by atoms with E-state index in [-0.39, 0.29) is 23.5 Å². The van der Waals surface area contributed by atoms with Crippen molar-refractivity contribution in [2.45, 2.75) is 23.8 Å². The topological polar surface area (TPSA) is 97.0 Å². The number of piperidine rings is 1. The van der Waals surface area contributed by atoms with E-state index in [1.165, 1.54) is 37.4 Å². The molecule has 31 heavy (non-hydrogen) atoms. The first kappa shape index (κ1) is 23.2. The predicted octanol–water partition coefficient (Wildman–Crippen LogP) is 2.74. The molecule has 0 radical (unpaired) electrons. The van der Waals surface area contributed by atoms with Crippen molar-refractivity contribution in [3.05, 3.63) is 47.5 Å². The maximum Gasteiger partial charge on any atom is 0.261 e. The average molecular weight is 468 g/mol. The van der Waals surface area contributed by atoms with Crippen molar-refractivity contribution in [3.8, 4) is 11.5 Å². The van der Waals surface area contributed by atoms with Crippen LogP contribution in [-0.2, 0) is 14.8 Å². The van der Waals surface area contributed by atoms with Crippen molar-refractivity contribution < 1.29 is 22.7 Å². The van der Waals surface area contributed by atoms with Crippen LogP contribution in [0, 0.1) is 0 Å². The van der Waals surface area contributed by atoms with E-state index in [9.17, 15) is 13.2 Å². The van der Waals surface area contributed by atoms with Gasteiger partial charge in [0.15, 0.2) is 6.61 Å². The molecule has 0 unspecified atom stereocenters. The molecule has 2 aromatic carbocycles. The Morgan fingerprint density at radius 3 is 2.45 bits per heavy atom. The number of anilines is 1. The molecule has 2 aromatic rings. The van der Waals surface area contributed by atoms with Crippen LogP contribution in [0.3, 0.4) is 0 Å². The van der Waals surface area contributed by atoms with E-state index in [0.29, 0.717) is 22.2 Å². The molecule has 1 aliphatic heterocycles. The van der Waals surface area contributed by atoms with Crippen LogP contribution in [0.2, 0.25) is 5.02 Å². The second kappa shape index (κ2) is 10.2. The summed E-state index contributed by atoms with van der Waals surface area (Å²) in [7, 11) is -0.268. The van der Waals surface area contributed by atoms with Gasteiger partial charge >= 0.3 is 0 Å². The van der Waals surface area contributed by atoms with Crippen molar-refractivity contribution in [2.24, 2.45) is 0 Å². The Balaban J connectivity index is 1.54. The quantitative estimate of drug-likeness (QED) is 0.619. The largest absolute Gasteiger partial charge is 0.495 e. The van der Waals surface area contributed by atoms with Gasteiger partial charge in [0.1, 0.15) is 11.5 Å². The first-order valence-electron chi connectivity index (χ1n) is 9.84. The van der Waals surface area contributed by atoms with Crippen LogP contribution in [0.5, 0.6) is 11.5 Å². The highest BCUT2D eigenvalue weighted by atomic mass is 35.5. The smallest absolute Gasteiger partial charge is 0.261 e. The molecule has 3 rings (SSSR count). The second-order valence-corrected chi connectivity index (χ2v) is 9.45. The van der Waals surface area contributed by atoms with Gasteiger partial charge in [-0.15, -0.1) is 0 Å². The maximum atomic E-state index is 12.6. The molecule has 1 amide bonds. The third kappa shape index (κ3) is 6.49. The lowest BCUT2D eigenvalue weighted by molar-refractivity contribution is -0.124. The number of nitrogens with one attached hydrogen (secondary N) is 2. The molecule has 8 nitrogen and oxygen atoms in total. The Kier molecular flexibility index (Phi) is 7.64. The van der Waals surface area contributed by atoms with Gasteiger partial charge in [-0.25, -0.2) is 8.42 Å². The van der Waals surface area contributed by atoms with Gasteiger partial charge in [0, 0.05) is 6.04 Å². The van der Waals surface area contributed by atoms with Crippen LogP contribution >= 0.6 is 11.6 Å². The van der Waals surface area contributed by atoms with E-state index in [0.717, 1.165) is 25.9 Å². The Bertz CT molecular complexity index is 1010. The van der Waals surface area contributed by atoms with Crippen molar-refractivity contribution in [3.63, 3.8) is 0 Å². The summed E-state index contributed by atoms with van der Waals surface area (Å²) in [5.74, 6) is 0.667. The number of rotatable bonds is 8. The molecule has 2 N–H and O–H groups in total. The zero-order valence-electron chi connectivity index (χ0n) is 17.4. The fraction of sp³-hybridized carbons (Fsp3) is 0.381. The van der Waals surface area contributed by atoms with Crippen LogP contribution in [0.15, 0.2) is 47.4 Å². The highest BCUT2D eigenvalue weighted by Gasteiger charge is 2.19. The molecule has 0 saturated carbocycles. The lowest BCUT2D eigenvalue weighted by atomic mass is 10.1. The van der Waals surface area contributed by atoms with Gasteiger partial charge in [-0.3, -0.25) is 9.52 Å². The summed E-state index contributed by atoms with van der Waals surface area (Å²) in [5.41, 5.74) is 0.316. The van der Waals surface area contributed by atoms with Gasteiger partial charge in [0.2, 0.25) is 0 Å². The number of carbonyl (C=O) groups is 1. The zero-order chi connectivity index (χ0) is 22.4. The second-order valence-electron chi connectivity index (χ2n) is 7.36. The Morgan fingerprint density at radius 2 is 1.84 bits per heavy atom. The summed E-state index contributed by atoms with van der Waals surface area (Å²) in [6, 6.07) is 10.6. The van der Waals surface area contributed by atoms with Gasteiger partial charge < -0.3 is 19.7 Å². The van der Waals surface area contributed by atoms with E-state index < -0.39 is 10.0 Å². The van der Waals surface area contributed by atoms with E-state index in [1.54, 1.807) is 12.1 Å². The highest BCUT2D eigenvalue weighted by Crippen LogP contribution is 2.28. The third-order valence-electron chi connectivity index (χ3n) is 4.99. The molecule has 1 saturated heterocycles. The molecule has 0 aromatic heterocycles. The minimum atomic E-state index is -3.81. The number of halogens is 1. The molecule has 1 heterocycles. The number of hydrogen-bond acceptors (Lipinski definition) is 6. The number of carbonyl (C=O) groups excluding carboxylic acids is 1. The number of amides is 1. The van der Waals surface area contributed by atoms with Crippen LogP contribution in [0.1, 0.15) is 12.8 Å². The SMILES string of the molecule is COc1ccc(NS(=O)(=O)c2ccc(OCC(=O)NC3CCN(C)CC3)cc2)cc1Cl. The van der Waals surface area contributed by atoms with Crippen LogP contribution in [-0.4, -0.2) is 59.1 Å². The summed E-state index contributed by atoms with van der Waals surface area (Å²) >= 11 is 6.04. The van der Waals surface area contributed by atoms with Gasteiger partial charge in [-0.2, -0.15) is 0 Å². The lowest BCUT2D eigenvalue weighted by Crippen LogP contribution is -2.44. The van der Waals surface area contributed by atoms with Crippen LogP contribution in [0.25, 0.3) is 0 Å². The molecule has 0 bridgehead atoms. The number of methoxy groups -OCH3 is 1. The molecule has 1 fully saturated rings. The fourth-order valence-corrected chi connectivity index (χ4v) is 4.54. The van der Waals surface area contributed by atoms with Gasteiger partial charge in [0.05, 0.1) is 22.7 Å². The average Bonchev–Trinajstić information content (AvgIpc) is 2.74. The molecule has 0 atom stereocenters. The molecule has 168 valence electrons. The number of hydrogen-bond donors (Lipinski definition) is 2. The fourth-order valence-electron chi connectivity index (χ4n) is 3.23. The Hall–Kier alpha value is -2.49. The van der Waals surface area contributed by atoms with Gasteiger partial charge in [-0.1, -0.05) is 11.6 Å². The number of sulfonamides is 1. The molecule has 10 heteroatoms. The number of nitrogens with zero attached hydrogens (tertiary/aromatic N) is 1. The third-order valence-corrected chi connectivity index (χ3v) is 6.68. The lowest BCUT2D eigenvalue weighted by Gasteiger charge is -2.29. The Morgan fingerprint density at radius 1 is 1.16 bits per heavy atom. The molecule has 1 aliphatic rings. The summed E-state index contributed by atoms with van der Waals surface area (Å²) < 4.78 is 38.2. The molecule has 0 aliphatic carbocycles. The monoisotopic (exact) mass is 467 g/mol. The summed E-state index contributed by atoms with van der Waals surface area (Å²) in [6.07, 6.45) is 1.84. The van der Waals surface area contributed by atoms with Crippen LogP contribution < -0.4 is 19.5 Å². The first-order chi connectivity index (χ1) is 14.8. The normalized spacial score (nSPS) is 15.3. The van der Waals surface area contributed by atoms with Crippen molar-refractivity contribution in [1.29, 1.82) is 0 Å². The minimum absolute atomic E-state index is 0.0579. The van der Waals surface area contributed by atoms with E-state index in [2.05, 4.69) is 22.0 Å². The van der Waals surface area contributed by atoms with E-state index >= 15 is 0 Å². The van der Waals surface area contributed by atoms with Gasteiger partial charge in [-0.05, 0) is 75.4 Å². The number of ether oxygens (including phenoxy) is 2. The summed E-state index contributed by atoms with van der Waals surface area (Å²) in [6.45, 7) is 1.79. The number of benzene rings is 2. The Labute approximate surface area is 187 Å². The molecular formula is C21H26ClN3O5S. The molecular weight excluding hydrogens is 442 g/mol. The standard InChI is InChI=1S/C21H26ClN3O5S/c1-25-11-9-15(10-12-25)23-21(26)14-30-17-4-6-18(7-5-17)31(27,28)24-16-3-8-20(29-2)19(22)13-16/h3-8,13,15,24H,9-12,14H2,1-2H3,(H,23,26).